The number of carbonyl (C=O) groups is 3. The van der Waals surface area contributed by atoms with Crippen molar-refractivity contribution in [1.29, 1.82) is 0 Å². The molecule has 0 spiro atoms. The third kappa shape index (κ3) is 3.60. The number of nitrogens with one attached hydrogen (secondary N) is 1. The van der Waals surface area contributed by atoms with Gasteiger partial charge in [0.05, 0.1) is 18.6 Å². The van der Waals surface area contributed by atoms with Crippen LogP contribution in [0.15, 0.2) is 0 Å². The average Bonchev–Trinajstić information content (AvgIpc) is 3.25. The van der Waals surface area contributed by atoms with E-state index in [9.17, 15) is 14.4 Å². The lowest BCUT2D eigenvalue weighted by atomic mass is 10.1. The van der Waals surface area contributed by atoms with Crippen LogP contribution in [0.3, 0.4) is 0 Å². The molecule has 0 radical (unpaired) electrons. The zero-order valence-electron chi connectivity index (χ0n) is 12.1. The minimum absolute atomic E-state index is 0.0466. The van der Waals surface area contributed by atoms with Crippen molar-refractivity contribution in [2.45, 2.75) is 26.7 Å². The zero-order valence-corrected chi connectivity index (χ0v) is 13.0. The minimum atomic E-state index is -0.498. The highest BCUT2D eigenvalue weighted by Crippen LogP contribution is 2.33. The molecule has 1 amide bonds. The fraction of sp³-hybridized carbons (Fsp3) is 0.500. The van der Waals surface area contributed by atoms with Gasteiger partial charge in [-0.05, 0) is 32.3 Å². The van der Waals surface area contributed by atoms with E-state index in [-0.39, 0.29) is 18.5 Å². The summed E-state index contributed by atoms with van der Waals surface area (Å²) >= 11 is 1.29. The van der Waals surface area contributed by atoms with Crippen LogP contribution >= 0.6 is 11.3 Å². The van der Waals surface area contributed by atoms with E-state index >= 15 is 0 Å². The summed E-state index contributed by atoms with van der Waals surface area (Å²) in [6, 6.07) is 0. The Morgan fingerprint density at radius 2 is 1.95 bits per heavy atom. The van der Waals surface area contributed by atoms with Crippen molar-refractivity contribution in [1.82, 2.24) is 0 Å². The summed E-state index contributed by atoms with van der Waals surface area (Å²) in [5.74, 6) is -1.34. The molecule has 1 aromatic heterocycles. The van der Waals surface area contributed by atoms with Crippen molar-refractivity contribution in [2.24, 2.45) is 5.92 Å². The molecule has 1 saturated carbocycles. The number of hydrogen-bond acceptors (Lipinski definition) is 6. The molecule has 1 aliphatic rings. The molecule has 1 aromatic rings. The predicted octanol–water partition coefficient (Wildman–Crippen LogP) is 2.04. The molecule has 7 heteroatoms. The molecule has 0 unspecified atom stereocenters. The summed E-state index contributed by atoms with van der Waals surface area (Å²) in [5, 5.41) is 3.02. The standard InChI is InChI=1S/C14H17NO5S/c1-7-8(2)21-12(11(7)14(18)19-3)15-10(16)6-20-13(17)9-4-5-9/h9H,4-6H2,1-3H3,(H,15,16). The molecule has 1 heterocycles. The molecule has 1 aliphatic carbocycles. The van der Waals surface area contributed by atoms with Crippen LogP contribution in [-0.4, -0.2) is 31.6 Å². The van der Waals surface area contributed by atoms with E-state index in [1.165, 1.54) is 18.4 Å². The van der Waals surface area contributed by atoms with Gasteiger partial charge in [-0.15, -0.1) is 11.3 Å². The van der Waals surface area contributed by atoms with Gasteiger partial charge in [0, 0.05) is 4.88 Å². The van der Waals surface area contributed by atoms with Crippen LogP contribution in [-0.2, 0) is 19.1 Å². The summed E-state index contributed by atoms with van der Waals surface area (Å²) in [7, 11) is 1.29. The molecular weight excluding hydrogens is 294 g/mol. The third-order valence-electron chi connectivity index (χ3n) is 3.28. The van der Waals surface area contributed by atoms with E-state index in [1.807, 2.05) is 6.92 Å². The van der Waals surface area contributed by atoms with Crippen LogP contribution < -0.4 is 5.32 Å². The summed E-state index contributed by atoms with van der Waals surface area (Å²) in [6.07, 6.45) is 1.66. The first-order valence-corrected chi connectivity index (χ1v) is 7.40. The molecule has 6 nitrogen and oxygen atoms in total. The number of aryl methyl sites for hydroxylation is 1. The lowest BCUT2D eigenvalue weighted by Gasteiger charge is -2.06. The quantitative estimate of drug-likeness (QED) is 0.842. The molecule has 0 atom stereocenters. The predicted molar refractivity (Wildman–Crippen MR) is 77.4 cm³/mol. The summed E-state index contributed by atoms with van der Waals surface area (Å²) in [5.41, 5.74) is 1.12. The number of esters is 2. The van der Waals surface area contributed by atoms with E-state index in [2.05, 4.69) is 5.32 Å². The molecule has 21 heavy (non-hydrogen) atoms. The summed E-state index contributed by atoms with van der Waals surface area (Å²) < 4.78 is 9.62. The highest BCUT2D eigenvalue weighted by molar-refractivity contribution is 7.16. The first-order chi connectivity index (χ1) is 9.93. The third-order valence-corrected chi connectivity index (χ3v) is 4.41. The molecule has 0 aromatic carbocycles. The molecule has 2 rings (SSSR count). The van der Waals surface area contributed by atoms with Crippen molar-refractivity contribution >= 4 is 34.2 Å². The Hall–Kier alpha value is -1.89. The van der Waals surface area contributed by atoms with Gasteiger partial charge in [-0.3, -0.25) is 9.59 Å². The van der Waals surface area contributed by atoms with E-state index in [1.54, 1.807) is 6.92 Å². The highest BCUT2D eigenvalue weighted by Gasteiger charge is 2.31. The maximum Gasteiger partial charge on any atom is 0.341 e. The first-order valence-electron chi connectivity index (χ1n) is 6.58. The second kappa shape index (κ2) is 6.26. The van der Waals surface area contributed by atoms with Crippen LogP contribution in [0.5, 0.6) is 0 Å². The maximum atomic E-state index is 11.8. The van der Waals surface area contributed by atoms with Crippen LogP contribution in [0.4, 0.5) is 5.00 Å². The van der Waals surface area contributed by atoms with Gasteiger partial charge in [0.15, 0.2) is 6.61 Å². The van der Waals surface area contributed by atoms with Gasteiger partial charge in [-0.2, -0.15) is 0 Å². The van der Waals surface area contributed by atoms with Gasteiger partial charge in [-0.25, -0.2) is 4.79 Å². The largest absolute Gasteiger partial charge is 0.465 e. The van der Waals surface area contributed by atoms with Crippen LogP contribution in [0.2, 0.25) is 0 Å². The van der Waals surface area contributed by atoms with Crippen molar-refractivity contribution in [3.05, 3.63) is 16.0 Å². The van der Waals surface area contributed by atoms with Crippen LogP contribution in [0, 0.1) is 19.8 Å². The highest BCUT2D eigenvalue weighted by atomic mass is 32.1. The Labute approximate surface area is 126 Å². The molecule has 1 N–H and O–H groups in total. The van der Waals surface area contributed by atoms with Crippen molar-refractivity contribution in [2.75, 3.05) is 19.0 Å². The first kappa shape index (κ1) is 15.5. The molecule has 0 bridgehead atoms. The number of carbonyl (C=O) groups excluding carboxylic acids is 3. The number of ether oxygens (including phenoxy) is 2. The Morgan fingerprint density at radius 3 is 2.52 bits per heavy atom. The summed E-state index contributed by atoms with van der Waals surface area (Å²) in [4.78, 5) is 35.9. The van der Waals surface area contributed by atoms with Crippen molar-refractivity contribution < 1.29 is 23.9 Å². The molecule has 0 aliphatic heterocycles. The number of anilines is 1. The van der Waals surface area contributed by atoms with Crippen LogP contribution in [0.25, 0.3) is 0 Å². The van der Waals surface area contributed by atoms with Gasteiger partial charge >= 0.3 is 11.9 Å². The second-order valence-electron chi connectivity index (χ2n) is 4.91. The van der Waals surface area contributed by atoms with Gasteiger partial charge in [-0.1, -0.05) is 0 Å². The lowest BCUT2D eigenvalue weighted by Crippen LogP contribution is -2.22. The SMILES string of the molecule is COC(=O)c1c(NC(=O)COC(=O)C2CC2)sc(C)c1C. The number of methoxy groups -OCH3 is 1. The maximum absolute atomic E-state index is 11.8. The average molecular weight is 311 g/mol. The smallest absolute Gasteiger partial charge is 0.341 e. The van der Waals surface area contributed by atoms with Crippen molar-refractivity contribution in [3.8, 4) is 0 Å². The number of amides is 1. The summed E-state index contributed by atoms with van der Waals surface area (Å²) in [6.45, 7) is 3.31. The topological polar surface area (TPSA) is 81.7 Å². The van der Waals surface area contributed by atoms with Gasteiger partial charge in [0.1, 0.15) is 5.00 Å². The van der Waals surface area contributed by atoms with Crippen LogP contribution in [0.1, 0.15) is 33.6 Å². The number of hydrogen-bond donors (Lipinski definition) is 1. The molecule has 114 valence electrons. The Bertz CT molecular complexity index is 588. The Kier molecular flexibility index (Phi) is 4.62. The molecule has 1 fully saturated rings. The van der Waals surface area contributed by atoms with E-state index in [0.717, 1.165) is 23.3 Å². The van der Waals surface area contributed by atoms with Gasteiger partial charge < -0.3 is 14.8 Å². The lowest BCUT2D eigenvalue weighted by molar-refractivity contribution is -0.148. The fourth-order valence-corrected chi connectivity index (χ4v) is 2.86. The van der Waals surface area contributed by atoms with E-state index in [4.69, 9.17) is 9.47 Å². The molecule has 0 saturated heterocycles. The molecular formula is C14H17NO5S. The number of thiophene rings is 1. The second-order valence-corrected chi connectivity index (χ2v) is 6.13. The van der Waals surface area contributed by atoms with Gasteiger partial charge in [0.25, 0.3) is 5.91 Å². The van der Waals surface area contributed by atoms with Gasteiger partial charge in [0.2, 0.25) is 0 Å². The Balaban J connectivity index is 2.01. The van der Waals surface area contributed by atoms with E-state index < -0.39 is 11.9 Å². The van der Waals surface area contributed by atoms with E-state index in [0.29, 0.717) is 10.6 Å². The minimum Gasteiger partial charge on any atom is -0.465 e. The normalized spacial score (nSPS) is 13.7. The van der Waals surface area contributed by atoms with Crippen molar-refractivity contribution in [3.63, 3.8) is 0 Å². The Morgan fingerprint density at radius 1 is 1.29 bits per heavy atom. The monoisotopic (exact) mass is 311 g/mol. The number of rotatable bonds is 5. The fourth-order valence-electron chi connectivity index (χ4n) is 1.80. The zero-order chi connectivity index (χ0) is 15.6.